The summed E-state index contributed by atoms with van der Waals surface area (Å²) in [6.45, 7) is 3.96. The van der Waals surface area contributed by atoms with Crippen molar-refractivity contribution in [2.45, 2.75) is 31.8 Å². The first-order chi connectivity index (χ1) is 10.7. The van der Waals surface area contributed by atoms with Gasteiger partial charge < -0.3 is 9.64 Å². The maximum absolute atomic E-state index is 13.0. The summed E-state index contributed by atoms with van der Waals surface area (Å²) < 4.78 is 5.55. The molecule has 1 aliphatic carbocycles. The van der Waals surface area contributed by atoms with E-state index in [9.17, 15) is 4.79 Å². The highest BCUT2D eigenvalue weighted by Crippen LogP contribution is 2.40. The molecule has 2 aromatic rings. The molecule has 1 amide bonds. The van der Waals surface area contributed by atoms with Crippen molar-refractivity contribution in [1.82, 2.24) is 9.88 Å². The molecule has 4 rings (SSSR count). The Morgan fingerprint density at radius 1 is 1.32 bits per heavy atom. The Morgan fingerprint density at radius 2 is 2.14 bits per heavy atom. The fraction of sp³-hybridized carbons (Fsp3) is 0.444. The van der Waals surface area contributed by atoms with Crippen LogP contribution in [0.3, 0.4) is 0 Å². The Morgan fingerprint density at radius 3 is 2.91 bits per heavy atom. The lowest BCUT2D eigenvalue weighted by molar-refractivity contribution is -0.0123. The molecule has 4 nitrogen and oxygen atoms in total. The summed E-state index contributed by atoms with van der Waals surface area (Å²) >= 11 is 0. The number of pyridine rings is 1. The fourth-order valence-corrected chi connectivity index (χ4v) is 3.13. The van der Waals surface area contributed by atoms with Crippen molar-refractivity contribution in [3.63, 3.8) is 0 Å². The Kier molecular flexibility index (Phi) is 3.34. The second-order valence-electron chi connectivity index (χ2n) is 6.32. The van der Waals surface area contributed by atoms with Crippen molar-refractivity contribution >= 4 is 16.8 Å². The highest BCUT2D eigenvalue weighted by atomic mass is 16.5. The zero-order valence-electron chi connectivity index (χ0n) is 12.8. The van der Waals surface area contributed by atoms with Crippen LogP contribution in [0, 0.1) is 0 Å². The number of nitrogens with zero attached hydrogens (tertiary/aromatic N) is 2. The first kappa shape index (κ1) is 13.7. The molecule has 4 heteroatoms. The molecular formula is C18H20N2O2. The molecule has 0 bridgehead atoms. The van der Waals surface area contributed by atoms with Crippen LogP contribution >= 0.6 is 0 Å². The summed E-state index contributed by atoms with van der Waals surface area (Å²) in [4.78, 5) is 19.7. The van der Waals surface area contributed by atoms with E-state index in [-0.39, 0.29) is 12.0 Å². The number of para-hydroxylation sites is 1. The van der Waals surface area contributed by atoms with Crippen LogP contribution < -0.4 is 0 Å². The van der Waals surface area contributed by atoms with Gasteiger partial charge in [0.1, 0.15) is 0 Å². The zero-order valence-corrected chi connectivity index (χ0v) is 12.8. The first-order valence-electron chi connectivity index (χ1n) is 8.03. The highest BCUT2D eigenvalue weighted by Gasteiger charge is 2.29. The van der Waals surface area contributed by atoms with E-state index in [1.54, 1.807) is 0 Å². The van der Waals surface area contributed by atoms with Crippen LogP contribution in [-0.4, -0.2) is 41.6 Å². The first-order valence-corrected chi connectivity index (χ1v) is 8.03. The van der Waals surface area contributed by atoms with Crippen molar-refractivity contribution in [2.24, 2.45) is 0 Å². The van der Waals surface area contributed by atoms with Crippen LogP contribution in [-0.2, 0) is 4.74 Å². The second-order valence-corrected chi connectivity index (χ2v) is 6.32. The van der Waals surface area contributed by atoms with Crippen LogP contribution in [0.15, 0.2) is 30.3 Å². The smallest absolute Gasteiger partial charge is 0.254 e. The number of rotatable bonds is 2. The van der Waals surface area contributed by atoms with E-state index in [4.69, 9.17) is 9.72 Å². The van der Waals surface area contributed by atoms with Crippen molar-refractivity contribution in [3.05, 3.63) is 41.6 Å². The lowest BCUT2D eigenvalue weighted by atomic mass is 10.0. The molecular weight excluding hydrogens is 276 g/mol. The van der Waals surface area contributed by atoms with E-state index >= 15 is 0 Å². The second kappa shape index (κ2) is 5.36. The van der Waals surface area contributed by atoms with Gasteiger partial charge in [0.15, 0.2) is 0 Å². The molecule has 1 aromatic heterocycles. The van der Waals surface area contributed by atoms with Gasteiger partial charge in [-0.2, -0.15) is 0 Å². The number of ether oxygens (including phenoxy) is 1. The van der Waals surface area contributed by atoms with Gasteiger partial charge in [-0.25, -0.2) is 0 Å². The molecule has 0 radical (unpaired) electrons. The minimum Gasteiger partial charge on any atom is -0.375 e. The lowest BCUT2D eigenvalue weighted by Gasteiger charge is -2.31. The summed E-state index contributed by atoms with van der Waals surface area (Å²) in [5.41, 5.74) is 2.79. The molecule has 1 unspecified atom stereocenters. The maximum Gasteiger partial charge on any atom is 0.254 e. The Hall–Kier alpha value is -1.94. The summed E-state index contributed by atoms with van der Waals surface area (Å²) in [6.07, 6.45) is 2.48. The predicted octanol–water partition coefficient (Wildman–Crippen LogP) is 2.97. The van der Waals surface area contributed by atoms with Crippen molar-refractivity contribution in [3.8, 4) is 0 Å². The van der Waals surface area contributed by atoms with E-state index in [1.807, 2.05) is 42.2 Å². The third-order valence-electron chi connectivity index (χ3n) is 4.49. The number of carbonyl (C=O) groups excluding carboxylic acids is 1. The number of carbonyl (C=O) groups is 1. The molecule has 1 saturated carbocycles. The van der Waals surface area contributed by atoms with E-state index in [1.165, 1.54) is 12.8 Å². The van der Waals surface area contributed by atoms with E-state index < -0.39 is 0 Å². The maximum atomic E-state index is 13.0. The summed E-state index contributed by atoms with van der Waals surface area (Å²) in [5, 5.41) is 0.955. The van der Waals surface area contributed by atoms with Crippen LogP contribution in [0.1, 0.15) is 41.7 Å². The third kappa shape index (κ3) is 2.48. The van der Waals surface area contributed by atoms with Crippen molar-refractivity contribution < 1.29 is 9.53 Å². The van der Waals surface area contributed by atoms with E-state index in [0.717, 1.165) is 22.2 Å². The third-order valence-corrected chi connectivity index (χ3v) is 4.49. The number of hydrogen-bond acceptors (Lipinski definition) is 3. The minimum absolute atomic E-state index is 0.105. The number of morpholine rings is 1. The summed E-state index contributed by atoms with van der Waals surface area (Å²) in [5.74, 6) is 0.649. The molecule has 2 heterocycles. The molecule has 1 saturated heterocycles. The van der Waals surface area contributed by atoms with Gasteiger partial charge in [0, 0.05) is 30.1 Å². The average molecular weight is 296 g/mol. The molecule has 1 aromatic carbocycles. The van der Waals surface area contributed by atoms with Crippen LogP contribution in [0.25, 0.3) is 10.9 Å². The molecule has 22 heavy (non-hydrogen) atoms. The summed E-state index contributed by atoms with van der Waals surface area (Å²) in [6, 6.07) is 9.97. The van der Waals surface area contributed by atoms with Gasteiger partial charge in [0.25, 0.3) is 5.91 Å². The normalized spacial score (nSPS) is 22.0. The van der Waals surface area contributed by atoms with Crippen LogP contribution in [0.4, 0.5) is 0 Å². The van der Waals surface area contributed by atoms with Crippen molar-refractivity contribution in [1.29, 1.82) is 0 Å². The molecule has 0 spiro atoms. The van der Waals surface area contributed by atoms with Crippen molar-refractivity contribution in [2.75, 3.05) is 19.7 Å². The monoisotopic (exact) mass is 296 g/mol. The highest BCUT2D eigenvalue weighted by molar-refractivity contribution is 6.06. The number of fused-ring (bicyclic) bond motifs is 1. The standard InChI is InChI=1S/C18H20N2O2/c1-12-11-20(8-9-22-12)18(21)15-10-17(13-6-7-13)19-16-5-3-2-4-14(15)16/h2-5,10,12-13H,6-9,11H2,1H3. The van der Waals surface area contributed by atoms with Gasteiger partial charge in [-0.1, -0.05) is 18.2 Å². The molecule has 2 fully saturated rings. The molecule has 0 N–H and O–H groups in total. The summed E-state index contributed by atoms with van der Waals surface area (Å²) in [7, 11) is 0. The quantitative estimate of drug-likeness (QED) is 0.855. The van der Waals surface area contributed by atoms with Gasteiger partial charge >= 0.3 is 0 Å². The van der Waals surface area contributed by atoms with Gasteiger partial charge in [-0.05, 0) is 31.9 Å². The van der Waals surface area contributed by atoms with Gasteiger partial charge in [-0.15, -0.1) is 0 Å². The number of benzene rings is 1. The Bertz CT molecular complexity index is 724. The lowest BCUT2D eigenvalue weighted by Crippen LogP contribution is -2.44. The van der Waals surface area contributed by atoms with Crippen LogP contribution in [0.5, 0.6) is 0 Å². The Labute approximate surface area is 130 Å². The zero-order chi connectivity index (χ0) is 15.1. The molecule has 114 valence electrons. The van der Waals surface area contributed by atoms with Gasteiger partial charge in [0.05, 0.1) is 23.8 Å². The average Bonchev–Trinajstić information content (AvgIpc) is 3.38. The largest absolute Gasteiger partial charge is 0.375 e. The van der Waals surface area contributed by atoms with Gasteiger partial charge in [0.2, 0.25) is 0 Å². The SMILES string of the molecule is CC1CN(C(=O)c2cc(C3CC3)nc3ccccc23)CCO1. The molecule has 1 atom stereocenters. The fourth-order valence-electron chi connectivity index (χ4n) is 3.13. The molecule has 1 aliphatic heterocycles. The van der Waals surface area contributed by atoms with E-state index in [2.05, 4.69) is 0 Å². The number of amides is 1. The Balaban J connectivity index is 1.77. The van der Waals surface area contributed by atoms with E-state index in [0.29, 0.717) is 25.6 Å². The predicted molar refractivity (Wildman–Crippen MR) is 85.0 cm³/mol. The molecule has 2 aliphatic rings. The van der Waals surface area contributed by atoms with Crippen LogP contribution in [0.2, 0.25) is 0 Å². The number of aromatic nitrogens is 1. The number of hydrogen-bond donors (Lipinski definition) is 0. The van der Waals surface area contributed by atoms with Gasteiger partial charge in [-0.3, -0.25) is 9.78 Å². The minimum atomic E-state index is 0.105. The topological polar surface area (TPSA) is 42.4 Å².